The van der Waals surface area contributed by atoms with Crippen LogP contribution in [0.15, 0.2) is 0 Å². The molecule has 10 heteroatoms. The zero-order valence-corrected chi connectivity index (χ0v) is 17.9. The van der Waals surface area contributed by atoms with E-state index < -0.39 is 17.8 Å². The summed E-state index contributed by atoms with van der Waals surface area (Å²) in [7, 11) is 1.65. The van der Waals surface area contributed by atoms with E-state index in [1.807, 2.05) is 11.8 Å². The number of nitrogens with one attached hydrogen (secondary N) is 1. The molecule has 0 bridgehead atoms. The SMILES string of the molecule is COCCOCCOCCNCC1(SCCCC(=O)ON2C(=O)CCC2=O)CC1. The van der Waals surface area contributed by atoms with Crippen LogP contribution in [-0.4, -0.2) is 86.6 Å². The van der Waals surface area contributed by atoms with Gasteiger partial charge >= 0.3 is 5.97 Å². The standard InChI is InChI=1S/C19H32N2O7S/c1-25-10-11-27-13-12-26-9-8-20-15-19(6-7-19)29-14-2-3-18(24)28-21-16(22)4-5-17(21)23/h20H,2-15H2,1H3. The van der Waals surface area contributed by atoms with Crippen molar-refractivity contribution in [3.8, 4) is 0 Å². The molecule has 0 atom stereocenters. The average Bonchev–Trinajstić information content (AvgIpc) is 3.41. The van der Waals surface area contributed by atoms with Gasteiger partial charge in [0.2, 0.25) is 0 Å². The lowest BCUT2D eigenvalue weighted by atomic mass is 10.3. The number of imide groups is 1. The first kappa shape index (κ1) is 24.1. The lowest BCUT2D eigenvalue weighted by Gasteiger charge is -2.16. The molecular formula is C19H32N2O7S. The minimum atomic E-state index is -0.527. The molecule has 2 amide bonds. The largest absolute Gasteiger partial charge is 0.382 e. The van der Waals surface area contributed by atoms with Crippen LogP contribution in [0.4, 0.5) is 0 Å². The topological polar surface area (TPSA) is 103 Å². The molecule has 1 aliphatic heterocycles. The summed E-state index contributed by atoms with van der Waals surface area (Å²) in [4.78, 5) is 39.5. The molecule has 0 spiro atoms. The average molecular weight is 433 g/mol. The van der Waals surface area contributed by atoms with E-state index >= 15 is 0 Å². The Morgan fingerprint density at radius 3 is 2.38 bits per heavy atom. The second kappa shape index (κ2) is 13.2. The molecule has 2 aliphatic rings. The lowest BCUT2D eigenvalue weighted by molar-refractivity contribution is -0.197. The first-order chi connectivity index (χ1) is 14.1. The summed E-state index contributed by atoms with van der Waals surface area (Å²) in [5, 5.41) is 4.03. The van der Waals surface area contributed by atoms with Gasteiger partial charge in [-0.3, -0.25) is 9.59 Å². The Labute approximate surface area is 176 Å². The molecule has 1 heterocycles. The van der Waals surface area contributed by atoms with Crippen molar-refractivity contribution in [2.45, 2.75) is 43.3 Å². The molecule has 166 valence electrons. The summed E-state index contributed by atoms with van der Waals surface area (Å²) < 4.78 is 16.0. The Bertz CT molecular complexity index is 527. The van der Waals surface area contributed by atoms with Crippen LogP contribution in [0.1, 0.15) is 38.5 Å². The van der Waals surface area contributed by atoms with Crippen LogP contribution in [0.2, 0.25) is 0 Å². The minimum Gasteiger partial charge on any atom is -0.382 e. The molecule has 29 heavy (non-hydrogen) atoms. The van der Waals surface area contributed by atoms with Crippen molar-refractivity contribution >= 4 is 29.5 Å². The molecule has 0 radical (unpaired) electrons. The highest BCUT2D eigenvalue weighted by atomic mass is 32.2. The van der Waals surface area contributed by atoms with Crippen molar-refractivity contribution in [2.75, 3.05) is 59.0 Å². The van der Waals surface area contributed by atoms with Crippen molar-refractivity contribution in [3.63, 3.8) is 0 Å². The Kier molecular flexibility index (Phi) is 10.9. The monoisotopic (exact) mass is 432 g/mol. The van der Waals surface area contributed by atoms with E-state index in [9.17, 15) is 14.4 Å². The smallest absolute Gasteiger partial charge is 0.333 e. The van der Waals surface area contributed by atoms with Crippen LogP contribution in [-0.2, 0) is 33.4 Å². The quantitative estimate of drug-likeness (QED) is 0.265. The molecule has 0 aromatic carbocycles. The summed E-state index contributed by atoms with van der Waals surface area (Å²) in [5.74, 6) is -0.569. The Hall–Kier alpha value is -1.20. The fourth-order valence-electron chi connectivity index (χ4n) is 2.75. The first-order valence-corrected chi connectivity index (χ1v) is 11.1. The molecule has 0 aromatic heterocycles. The van der Waals surface area contributed by atoms with E-state index in [2.05, 4.69) is 5.32 Å². The number of carbonyl (C=O) groups excluding carboxylic acids is 3. The van der Waals surface area contributed by atoms with Gasteiger partial charge in [0.25, 0.3) is 11.8 Å². The van der Waals surface area contributed by atoms with E-state index in [-0.39, 0.29) is 24.0 Å². The van der Waals surface area contributed by atoms with Crippen molar-refractivity contribution in [1.29, 1.82) is 0 Å². The number of nitrogens with zero attached hydrogens (tertiary/aromatic N) is 1. The Morgan fingerprint density at radius 2 is 1.72 bits per heavy atom. The highest BCUT2D eigenvalue weighted by molar-refractivity contribution is 8.00. The molecule has 1 saturated heterocycles. The van der Waals surface area contributed by atoms with Crippen LogP contribution in [0.5, 0.6) is 0 Å². The van der Waals surface area contributed by atoms with E-state index in [4.69, 9.17) is 19.0 Å². The molecule has 9 nitrogen and oxygen atoms in total. The maximum Gasteiger partial charge on any atom is 0.333 e. The van der Waals surface area contributed by atoms with Gasteiger partial charge in [-0.1, -0.05) is 0 Å². The summed E-state index contributed by atoms with van der Waals surface area (Å²) in [6.45, 7) is 4.71. The molecule has 2 rings (SSSR count). The third-order valence-corrected chi connectivity index (χ3v) is 6.27. The van der Waals surface area contributed by atoms with Crippen LogP contribution >= 0.6 is 11.8 Å². The number of hydroxylamine groups is 2. The molecule has 0 aromatic rings. The van der Waals surface area contributed by atoms with Crippen molar-refractivity contribution in [2.24, 2.45) is 0 Å². The zero-order chi connectivity index (χ0) is 21.0. The second-order valence-electron chi connectivity index (χ2n) is 7.07. The number of carbonyl (C=O) groups is 3. The molecule has 1 saturated carbocycles. The number of rotatable bonds is 17. The number of methoxy groups -OCH3 is 1. The first-order valence-electron chi connectivity index (χ1n) is 10.1. The normalized spacial score (nSPS) is 17.8. The summed E-state index contributed by atoms with van der Waals surface area (Å²) in [5.41, 5.74) is 0. The lowest BCUT2D eigenvalue weighted by Crippen LogP contribution is -2.32. The predicted octanol–water partition coefficient (Wildman–Crippen LogP) is 0.909. The number of ether oxygens (including phenoxy) is 3. The molecular weight excluding hydrogens is 400 g/mol. The van der Waals surface area contributed by atoms with Gasteiger partial charge in [-0.05, 0) is 25.0 Å². The molecule has 0 unspecified atom stereocenters. The fraction of sp³-hybridized carbons (Fsp3) is 0.842. The second-order valence-corrected chi connectivity index (χ2v) is 8.64. The molecule has 2 fully saturated rings. The third-order valence-electron chi connectivity index (χ3n) is 4.61. The number of hydrogen-bond acceptors (Lipinski definition) is 9. The number of hydrogen-bond donors (Lipinski definition) is 1. The third kappa shape index (κ3) is 9.43. The van der Waals surface area contributed by atoms with Gasteiger partial charge in [-0.2, -0.15) is 11.8 Å². The van der Waals surface area contributed by atoms with Crippen LogP contribution < -0.4 is 5.32 Å². The highest BCUT2D eigenvalue weighted by Crippen LogP contribution is 2.48. The van der Waals surface area contributed by atoms with E-state index in [0.29, 0.717) is 44.5 Å². The molecule has 1 aliphatic carbocycles. The van der Waals surface area contributed by atoms with Gasteiger partial charge < -0.3 is 24.4 Å². The van der Waals surface area contributed by atoms with Gasteiger partial charge in [-0.15, -0.1) is 5.06 Å². The summed E-state index contributed by atoms with van der Waals surface area (Å²) >= 11 is 1.86. The van der Waals surface area contributed by atoms with Gasteiger partial charge in [0.05, 0.1) is 33.0 Å². The molecule has 1 N–H and O–H groups in total. The predicted molar refractivity (Wildman–Crippen MR) is 107 cm³/mol. The minimum absolute atomic E-state index is 0.116. The van der Waals surface area contributed by atoms with E-state index in [1.165, 1.54) is 12.8 Å². The number of thioether (sulfide) groups is 1. The van der Waals surface area contributed by atoms with Crippen molar-refractivity contribution < 1.29 is 33.4 Å². The van der Waals surface area contributed by atoms with Crippen molar-refractivity contribution in [1.82, 2.24) is 10.4 Å². The van der Waals surface area contributed by atoms with Crippen LogP contribution in [0.25, 0.3) is 0 Å². The summed E-state index contributed by atoms with van der Waals surface area (Å²) in [6, 6.07) is 0. The Balaban J connectivity index is 1.43. The maximum atomic E-state index is 11.8. The maximum absolute atomic E-state index is 11.8. The number of amides is 2. The van der Waals surface area contributed by atoms with E-state index in [0.717, 1.165) is 18.8 Å². The van der Waals surface area contributed by atoms with Gasteiger partial charge in [0, 0.05) is 44.2 Å². The Morgan fingerprint density at radius 1 is 1.07 bits per heavy atom. The van der Waals surface area contributed by atoms with E-state index in [1.54, 1.807) is 7.11 Å². The zero-order valence-electron chi connectivity index (χ0n) is 17.1. The fourth-order valence-corrected chi connectivity index (χ4v) is 4.06. The van der Waals surface area contributed by atoms with Gasteiger partial charge in [-0.25, -0.2) is 4.79 Å². The van der Waals surface area contributed by atoms with Gasteiger partial charge in [0.1, 0.15) is 0 Å². The van der Waals surface area contributed by atoms with Crippen molar-refractivity contribution in [3.05, 3.63) is 0 Å². The van der Waals surface area contributed by atoms with Gasteiger partial charge in [0.15, 0.2) is 0 Å². The van der Waals surface area contributed by atoms with Crippen LogP contribution in [0.3, 0.4) is 0 Å². The summed E-state index contributed by atoms with van der Waals surface area (Å²) in [6.07, 6.45) is 3.43. The highest BCUT2D eigenvalue weighted by Gasteiger charge is 2.42. The van der Waals surface area contributed by atoms with Crippen LogP contribution in [0, 0.1) is 0 Å².